The number of phosphoric acid groups is 1. The number of aliphatic hydroxyl groups excluding tert-OH is 2. The van der Waals surface area contributed by atoms with Gasteiger partial charge in [-0.05, 0) is 6.07 Å². The van der Waals surface area contributed by atoms with Gasteiger partial charge in [-0.25, -0.2) is 13.8 Å². The molecule has 4 rings (SSSR count). The first-order valence-electron chi connectivity index (χ1n) is 10.2. The van der Waals surface area contributed by atoms with Crippen LogP contribution in [0.3, 0.4) is 0 Å². The van der Waals surface area contributed by atoms with Crippen molar-refractivity contribution < 1.29 is 45.0 Å². The van der Waals surface area contributed by atoms with Gasteiger partial charge in [0, 0.05) is 18.2 Å². The third-order valence-corrected chi connectivity index (χ3v) is 5.93. The van der Waals surface area contributed by atoms with Gasteiger partial charge in [-0.2, -0.15) is 0 Å². The standard InChI is InChI=1S/C18H20FN2O10P/c1-27-13-4-2-3-10-8-28-32(26,31-14(10)13)29-9-18(19)5-12(23)16(30-18)21-6-11(7-22)15(24)20-17(21)25/h2-4,6,12,16,22-23H,5,7-9H2,1H3,(H,20,24,25)/t12-,16-,18+,32?/m1/s1/i9D2. The zero-order valence-corrected chi connectivity index (χ0v) is 17.4. The van der Waals surface area contributed by atoms with Crippen molar-refractivity contribution in [2.24, 2.45) is 0 Å². The van der Waals surface area contributed by atoms with Gasteiger partial charge in [0.05, 0.1) is 28.6 Å². The fraction of sp³-hybridized carbons (Fsp3) is 0.444. The van der Waals surface area contributed by atoms with Crippen molar-refractivity contribution in [3.05, 3.63) is 56.4 Å². The maximum atomic E-state index is 15.7. The van der Waals surface area contributed by atoms with Crippen molar-refractivity contribution in [2.75, 3.05) is 13.7 Å². The number of ether oxygens (including phenoxy) is 2. The predicted octanol–water partition coefficient (Wildman–Crippen LogP) is 0.717. The number of halogens is 1. The van der Waals surface area contributed by atoms with Crippen molar-refractivity contribution in [3.8, 4) is 11.5 Å². The summed E-state index contributed by atoms with van der Waals surface area (Å²) in [6, 6.07) is 4.69. The molecule has 1 fully saturated rings. The van der Waals surface area contributed by atoms with Crippen LogP contribution in [0.1, 0.15) is 26.5 Å². The lowest BCUT2D eigenvalue weighted by Crippen LogP contribution is -2.37. The van der Waals surface area contributed by atoms with Gasteiger partial charge >= 0.3 is 13.5 Å². The number of fused-ring (bicyclic) bond motifs is 1. The molecule has 3 heterocycles. The van der Waals surface area contributed by atoms with Gasteiger partial charge in [0.2, 0.25) is 5.85 Å². The summed E-state index contributed by atoms with van der Waals surface area (Å²) in [4.78, 5) is 25.7. The van der Waals surface area contributed by atoms with Crippen molar-refractivity contribution in [3.63, 3.8) is 0 Å². The zero-order chi connectivity index (χ0) is 24.9. The molecule has 0 amide bonds. The number of hydrogen-bond acceptors (Lipinski definition) is 10. The summed E-state index contributed by atoms with van der Waals surface area (Å²) in [5.41, 5.74) is -1.86. The minimum absolute atomic E-state index is 0.0372. The predicted molar refractivity (Wildman–Crippen MR) is 104 cm³/mol. The van der Waals surface area contributed by atoms with Gasteiger partial charge in [0.25, 0.3) is 5.56 Å². The van der Waals surface area contributed by atoms with Crippen LogP contribution in [0, 0.1) is 0 Å². The molecule has 4 atom stereocenters. The number of aliphatic hydroxyl groups is 2. The quantitative estimate of drug-likeness (QED) is 0.507. The minimum atomic E-state index is -4.75. The molecule has 2 aliphatic rings. The highest BCUT2D eigenvalue weighted by atomic mass is 31.2. The molecule has 1 aromatic carbocycles. The largest absolute Gasteiger partial charge is 0.530 e. The summed E-state index contributed by atoms with van der Waals surface area (Å²) in [5.74, 6) is -3.31. The van der Waals surface area contributed by atoms with Gasteiger partial charge in [-0.15, -0.1) is 0 Å². The van der Waals surface area contributed by atoms with Gasteiger partial charge in [0.1, 0.15) is 12.7 Å². The number of methoxy groups -OCH3 is 1. The number of rotatable bonds is 6. The molecule has 32 heavy (non-hydrogen) atoms. The van der Waals surface area contributed by atoms with E-state index in [1.807, 2.05) is 4.98 Å². The van der Waals surface area contributed by atoms with Crippen LogP contribution >= 0.6 is 7.82 Å². The number of alkyl halides is 1. The van der Waals surface area contributed by atoms with Crippen LogP contribution in [0.15, 0.2) is 34.0 Å². The van der Waals surface area contributed by atoms with Gasteiger partial charge in [-0.1, -0.05) is 12.1 Å². The highest BCUT2D eigenvalue weighted by Gasteiger charge is 2.50. The first-order chi connectivity index (χ1) is 15.9. The van der Waals surface area contributed by atoms with E-state index in [0.717, 1.165) is 6.20 Å². The lowest BCUT2D eigenvalue weighted by molar-refractivity contribution is -0.179. The van der Waals surface area contributed by atoms with Crippen molar-refractivity contribution >= 4 is 7.82 Å². The van der Waals surface area contributed by atoms with E-state index in [0.29, 0.717) is 10.1 Å². The number of para-hydroxylation sites is 1. The number of benzene rings is 1. The molecule has 0 aliphatic carbocycles. The number of nitrogens with zero attached hydrogens (tertiary/aromatic N) is 1. The Hall–Kier alpha value is -2.54. The second-order valence-electron chi connectivity index (χ2n) is 6.94. The highest BCUT2D eigenvalue weighted by molar-refractivity contribution is 7.49. The maximum absolute atomic E-state index is 15.7. The van der Waals surface area contributed by atoms with Crippen LogP contribution in [-0.4, -0.2) is 45.4 Å². The molecule has 0 radical (unpaired) electrons. The molecule has 174 valence electrons. The molecule has 0 saturated carbocycles. The molecule has 1 aromatic heterocycles. The van der Waals surface area contributed by atoms with E-state index in [-0.39, 0.29) is 23.7 Å². The lowest BCUT2D eigenvalue weighted by atomic mass is 10.2. The summed E-state index contributed by atoms with van der Waals surface area (Å²) in [6.45, 7) is -4.60. The van der Waals surface area contributed by atoms with E-state index in [9.17, 15) is 24.4 Å². The Balaban J connectivity index is 1.60. The zero-order valence-electron chi connectivity index (χ0n) is 18.5. The van der Waals surface area contributed by atoms with Crippen molar-refractivity contribution in [1.29, 1.82) is 0 Å². The van der Waals surface area contributed by atoms with Gasteiger partial charge < -0.3 is 24.2 Å². The number of H-pyrrole nitrogens is 1. The number of phosphoric ester groups is 1. The Morgan fingerprint density at radius 1 is 1.47 bits per heavy atom. The Bertz CT molecular complexity index is 1260. The second kappa shape index (κ2) is 8.43. The van der Waals surface area contributed by atoms with E-state index < -0.39 is 56.8 Å². The first-order valence-corrected chi connectivity index (χ1v) is 10.7. The molecule has 1 unspecified atom stereocenters. The molecule has 14 heteroatoms. The monoisotopic (exact) mass is 476 g/mol. The lowest BCUT2D eigenvalue weighted by Gasteiger charge is -2.28. The number of hydrogen-bond donors (Lipinski definition) is 3. The molecular formula is C18H20FN2O10P. The number of nitrogens with one attached hydrogen (secondary N) is 1. The SMILES string of the molecule is [2H]C([2H])(OP1(=O)OCc2cccc(OC)c2O1)[C@]1(F)C[C@@H](O)[C@H](n2cc(CO)c(=O)[nH]c2=O)O1. The fourth-order valence-corrected chi connectivity index (χ4v) is 4.34. The average molecular weight is 476 g/mol. The van der Waals surface area contributed by atoms with E-state index in [1.165, 1.54) is 13.2 Å². The molecule has 0 spiro atoms. The third kappa shape index (κ3) is 4.22. The molecule has 0 bridgehead atoms. The molecule has 3 N–H and O–H groups in total. The maximum Gasteiger partial charge on any atom is 0.530 e. The number of aromatic nitrogens is 2. The van der Waals surface area contributed by atoms with Gasteiger partial charge in [0.15, 0.2) is 17.7 Å². The summed E-state index contributed by atoms with van der Waals surface area (Å²) in [7, 11) is -3.42. The Morgan fingerprint density at radius 3 is 2.97 bits per heavy atom. The Labute approximate surface area is 182 Å². The summed E-state index contributed by atoms with van der Waals surface area (Å²) in [6.07, 6.45) is -3.82. The Kier molecular flexibility index (Phi) is 5.29. The fourth-order valence-electron chi connectivity index (χ4n) is 3.22. The van der Waals surface area contributed by atoms with Crippen LogP contribution in [0.5, 0.6) is 11.5 Å². The highest BCUT2D eigenvalue weighted by Crippen LogP contribution is 2.57. The van der Waals surface area contributed by atoms with E-state index in [2.05, 4.69) is 0 Å². The molecule has 1 saturated heterocycles. The first kappa shape index (κ1) is 20.1. The van der Waals surface area contributed by atoms with Crippen LogP contribution in [0.2, 0.25) is 0 Å². The Morgan fingerprint density at radius 2 is 2.25 bits per heavy atom. The van der Waals surface area contributed by atoms with Crippen LogP contribution in [0.25, 0.3) is 0 Å². The summed E-state index contributed by atoms with van der Waals surface area (Å²) >= 11 is 0. The average Bonchev–Trinajstić information content (AvgIpc) is 3.08. The van der Waals surface area contributed by atoms with E-state index in [1.54, 1.807) is 12.1 Å². The van der Waals surface area contributed by atoms with Crippen LogP contribution in [0.4, 0.5) is 4.39 Å². The summed E-state index contributed by atoms with van der Waals surface area (Å²) < 4.78 is 70.6. The molecule has 2 aliphatic heterocycles. The number of aromatic amines is 1. The van der Waals surface area contributed by atoms with E-state index >= 15 is 4.39 Å². The minimum Gasteiger partial charge on any atom is -0.493 e. The normalized spacial score (nSPS) is 30.8. The van der Waals surface area contributed by atoms with E-state index in [4.69, 9.17) is 25.8 Å². The van der Waals surface area contributed by atoms with Crippen molar-refractivity contribution in [2.45, 2.75) is 37.8 Å². The molecular weight excluding hydrogens is 454 g/mol. The smallest absolute Gasteiger partial charge is 0.493 e. The molecule has 2 aromatic rings. The second-order valence-corrected chi connectivity index (χ2v) is 8.46. The van der Waals surface area contributed by atoms with Crippen LogP contribution < -0.4 is 20.5 Å². The van der Waals surface area contributed by atoms with Gasteiger partial charge in [-0.3, -0.25) is 23.4 Å². The summed E-state index contributed by atoms with van der Waals surface area (Å²) in [5, 5.41) is 19.5. The third-order valence-electron chi connectivity index (χ3n) is 4.77. The van der Waals surface area contributed by atoms with Crippen molar-refractivity contribution in [1.82, 2.24) is 9.55 Å². The molecule has 12 nitrogen and oxygen atoms in total. The van der Waals surface area contributed by atoms with Crippen LogP contribution in [-0.2, 0) is 31.6 Å². The topological polar surface area (TPSA) is 159 Å².